The summed E-state index contributed by atoms with van der Waals surface area (Å²) in [6.45, 7) is 6.54. The number of rotatable bonds is 0. The van der Waals surface area contributed by atoms with Crippen LogP contribution in [0, 0.1) is 5.82 Å². The highest BCUT2D eigenvalue weighted by Crippen LogP contribution is 2.30. The molecule has 0 unspecified atom stereocenters. The molecule has 18 heavy (non-hydrogen) atoms. The minimum absolute atomic E-state index is 0.327. The molecule has 1 aromatic carbocycles. The van der Waals surface area contributed by atoms with E-state index in [0.29, 0.717) is 24.5 Å². The van der Waals surface area contributed by atoms with Gasteiger partial charge in [-0.1, -0.05) is 0 Å². The zero-order valence-corrected chi connectivity index (χ0v) is 10.8. The van der Waals surface area contributed by atoms with E-state index >= 15 is 0 Å². The number of amides is 1. The zero-order valence-electron chi connectivity index (χ0n) is 10.8. The Morgan fingerprint density at radius 3 is 2.83 bits per heavy atom. The van der Waals surface area contributed by atoms with Gasteiger partial charge in [0.25, 0.3) is 0 Å². The first-order valence-electron chi connectivity index (χ1n) is 5.91. The molecule has 1 amide bonds. The topological polar surface area (TPSA) is 41.6 Å². The standard InChI is InChI=1S/C13H17FN2O2/c1-13(2,3)18-12(17)16-7-6-15-10-8-9(14)4-5-11(10)16/h4-5,8,15H,6-7H2,1-3H3. The van der Waals surface area contributed by atoms with Crippen molar-refractivity contribution in [2.24, 2.45) is 0 Å². The summed E-state index contributed by atoms with van der Waals surface area (Å²) in [5, 5.41) is 3.06. The average Bonchev–Trinajstić information content (AvgIpc) is 2.25. The summed E-state index contributed by atoms with van der Waals surface area (Å²) in [6, 6.07) is 4.30. The second kappa shape index (κ2) is 4.48. The molecule has 0 fully saturated rings. The monoisotopic (exact) mass is 252 g/mol. The lowest BCUT2D eigenvalue weighted by atomic mass is 10.2. The largest absolute Gasteiger partial charge is 0.443 e. The molecule has 0 saturated heterocycles. The molecule has 2 rings (SSSR count). The third kappa shape index (κ3) is 2.72. The van der Waals surface area contributed by atoms with Crippen molar-refractivity contribution in [3.63, 3.8) is 0 Å². The van der Waals surface area contributed by atoms with Crippen LogP contribution in [0.25, 0.3) is 0 Å². The molecule has 4 nitrogen and oxygen atoms in total. The molecule has 5 heteroatoms. The Bertz CT molecular complexity index is 469. The van der Waals surface area contributed by atoms with Crippen molar-refractivity contribution >= 4 is 17.5 Å². The molecule has 1 aliphatic heterocycles. The fraction of sp³-hybridized carbons (Fsp3) is 0.462. The fourth-order valence-corrected chi connectivity index (χ4v) is 1.81. The van der Waals surface area contributed by atoms with Crippen molar-refractivity contribution in [3.05, 3.63) is 24.0 Å². The van der Waals surface area contributed by atoms with E-state index in [2.05, 4.69) is 5.32 Å². The molecule has 1 N–H and O–H groups in total. The summed E-state index contributed by atoms with van der Waals surface area (Å²) in [5.74, 6) is -0.327. The lowest BCUT2D eigenvalue weighted by Gasteiger charge is -2.32. The highest BCUT2D eigenvalue weighted by atomic mass is 19.1. The molecule has 0 spiro atoms. The van der Waals surface area contributed by atoms with Gasteiger partial charge in [-0.05, 0) is 39.0 Å². The Morgan fingerprint density at radius 2 is 2.17 bits per heavy atom. The molecule has 1 aliphatic rings. The molecule has 0 aliphatic carbocycles. The van der Waals surface area contributed by atoms with Gasteiger partial charge in [-0.15, -0.1) is 0 Å². The van der Waals surface area contributed by atoms with Crippen molar-refractivity contribution in [1.29, 1.82) is 0 Å². The van der Waals surface area contributed by atoms with Crippen LogP contribution in [-0.2, 0) is 4.74 Å². The van der Waals surface area contributed by atoms with Gasteiger partial charge in [-0.3, -0.25) is 4.90 Å². The number of carbonyl (C=O) groups is 1. The maximum Gasteiger partial charge on any atom is 0.414 e. The van der Waals surface area contributed by atoms with E-state index in [1.807, 2.05) is 20.8 Å². The summed E-state index contributed by atoms with van der Waals surface area (Å²) in [7, 11) is 0. The molecule has 0 bridgehead atoms. The number of halogens is 1. The molecule has 0 atom stereocenters. The quantitative estimate of drug-likeness (QED) is 0.771. The van der Waals surface area contributed by atoms with E-state index in [1.54, 1.807) is 6.07 Å². The smallest absolute Gasteiger partial charge is 0.414 e. The van der Waals surface area contributed by atoms with Crippen LogP contribution in [0.4, 0.5) is 20.6 Å². The highest BCUT2D eigenvalue weighted by Gasteiger charge is 2.27. The van der Waals surface area contributed by atoms with Gasteiger partial charge in [0.1, 0.15) is 11.4 Å². The summed E-state index contributed by atoms with van der Waals surface area (Å²) in [6.07, 6.45) is -0.406. The first-order valence-corrected chi connectivity index (χ1v) is 5.91. The minimum atomic E-state index is -0.540. The van der Waals surface area contributed by atoms with E-state index in [0.717, 1.165) is 0 Å². The molecule has 1 heterocycles. The lowest BCUT2D eigenvalue weighted by Crippen LogP contribution is -2.42. The molecule has 0 aromatic heterocycles. The van der Waals surface area contributed by atoms with E-state index in [9.17, 15) is 9.18 Å². The molecular formula is C13H17FN2O2. The number of ether oxygens (including phenoxy) is 1. The van der Waals surface area contributed by atoms with Crippen LogP contribution in [0.1, 0.15) is 20.8 Å². The number of nitrogens with one attached hydrogen (secondary N) is 1. The van der Waals surface area contributed by atoms with Crippen molar-refractivity contribution in [1.82, 2.24) is 0 Å². The van der Waals surface area contributed by atoms with E-state index in [1.165, 1.54) is 17.0 Å². The van der Waals surface area contributed by atoms with Gasteiger partial charge in [0, 0.05) is 13.1 Å². The van der Waals surface area contributed by atoms with E-state index < -0.39 is 11.7 Å². The van der Waals surface area contributed by atoms with Crippen LogP contribution < -0.4 is 10.2 Å². The third-order valence-electron chi connectivity index (χ3n) is 2.51. The third-order valence-corrected chi connectivity index (χ3v) is 2.51. The number of nitrogens with zero attached hydrogens (tertiary/aromatic N) is 1. The van der Waals surface area contributed by atoms with Crippen LogP contribution >= 0.6 is 0 Å². The molecule has 0 radical (unpaired) electrons. The van der Waals surface area contributed by atoms with Crippen LogP contribution in [0.5, 0.6) is 0 Å². The van der Waals surface area contributed by atoms with Gasteiger partial charge in [0.15, 0.2) is 0 Å². The number of fused-ring (bicyclic) bond motifs is 1. The number of hydrogen-bond acceptors (Lipinski definition) is 3. The van der Waals surface area contributed by atoms with Gasteiger partial charge < -0.3 is 10.1 Å². The Kier molecular flexibility index (Phi) is 3.15. The number of benzene rings is 1. The summed E-state index contributed by atoms with van der Waals surface area (Å²) < 4.78 is 18.4. The molecule has 0 saturated carbocycles. The maximum absolute atomic E-state index is 13.1. The Balaban J connectivity index is 2.25. The van der Waals surface area contributed by atoms with Crippen molar-refractivity contribution in [3.8, 4) is 0 Å². The Hall–Kier alpha value is -1.78. The Labute approximate surface area is 106 Å². The zero-order chi connectivity index (χ0) is 13.3. The lowest BCUT2D eigenvalue weighted by molar-refractivity contribution is 0.0581. The first kappa shape index (κ1) is 12.7. The first-order chi connectivity index (χ1) is 8.37. The normalized spacial score (nSPS) is 14.8. The SMILES string of the molecule is CC(C)(C)OC(=O)N1CCNc2cc(F)ccc21. The summed E-state index contributed by atoms with van der Waals surface area (Å²) in [5.41, 5.74) is 0.728. The minimum Gasteiger partial charge on any atom is -0.443 e. The van der Waals surface area contributed by atoms with Gasteiger partial charge in [0.05, 0.1) is 11.4 Å². The van der Waals surface area contributed by atoms with E-state index in [4.69, 9.17) is 4.74 Å². The molecule has 1 aromatic rings. The van der Waals surface area contributed by atoms with Crippen molar-refractivity contribution in [2.75, 3.05) is 23.3 Å². The van der Waals surface area contributed by atoms with Gasteiger partial charge >= 0.3 is 6.09 Å². The van der Waals surface area contributed by atoms with Crippen LogP contribution in [0.2, 0.25) is 0 Å². The van der Waals surface area contributed by atoms with Crippen molar-refractivity contribution in [2.45, 2.75) is 26.4 Å². The van der Waals surface area contributed by atoms with E-state index in [-0.39, 0.29) is 5.82 Å². The Morgan fingerprint density at radius 1 is 1.44 bits per heavy atom. The second-order valence-electron chi connectivity index (χ2n) is 5.22. The summed E-state index contributed by atoms with van der Waals surface area (Å²) >= 11 is 0. The number of carbonyl (C=O) groups excluding carboxylic acids is 1. The van der Waals surface area contributed by atoms with Crippen LogP contribution in [0.3, 0.4) is 0 Å². The maximum atomic E-state index is 13.1. The van der Waals surface area contributed by atoms with Crippen molar-refractivity contribution < 1.29 is 13.9 Å². The average molecular weight is 252 g/mol. The van der Waals surface area contributed by atoms with Crippen LogP contribution in [0.15, 0.2) is 18.2 Å². The predicted octanol–water partition coefficient (Wildman–Crippen LogP) is 2.99. The van der Waals surface area contributed by atoms with Gasteiger partial charge in [-0.25, -0.2) is 9.18 Å². The predicted molar refractivity (Wildman–Crippen MR) is 68.5 cm³/mol. The van der Waals surface area contributed by atoms with Gasteiger partial charge in [-0.2, -0.15) is 0 Å². The van der Waals surface area contributed by atoms with Gasteiger partial charge in [0.2, 0.25) is 0 Å². The fourth-order valence-electron chi connectivity index (χ4n) is 1.81. The molecule has 98 valence electrons. The van der Waals surface area contributed by atoms with Crippen LogP contribution in [-0.4, -0.2) is 24.8 Å². The molecular weight excluding hydrogens is 235 g/mol. The number of hydrogen-bond donors (Lipinski definition) is 1. The second-order valence-corrected chi connectivity index (χ2v) is 5.22. The number of anilines is 2. The summed E-state index contributed by atoms with van der Waals surface area (Å²) in [4.78, 5) is 13.6. The highest BCUT2D eigenvalue weighted by molar-refractivity contribution is 5.93.